The summed E-state index contributed by atoms with van der Waals surface area (Å²) in [5.41, 5.74) is 2.17. The van der Waals surface area contributed by atoms with E-state index in [-0.39, 0.29) is 17.8 Å². The highest BCUT2D eigenvalue weighted by Crippen LogP contribution is 2.06. The largest absolute Gasteiger partial charge is 0.359 e. The lowest BCUT2D eigenvalue weighted by atomic mass is 10.2. The molecule has 3 aromatic rings. The van der Waals surface area contributed by atoms with Gasteiger partial charge in [-0.1, -0.05) is 22.5 Å². The lowest BCUT2D eigenvalue weighted by molar-refractivity contribution is 0.0944. The second-order valence-electron chi connectivity index (χ2n) is 4.22. The molecule has 0 saturated heterocycles. The van der Waals surface area contributed by atoms with Crippen LogP contribution >= 0.6 is 0 Å². The Morgan fingerprint density at radius 2 is 2.19 bits per heavy atom. The zero-order chi connectivity index (χ0) is 14.8. The van der Waals surface area contributed by atoms with Crippen molar-refractivity contribution in [1.82, 2.24) is 25.6 Å². The average molecular weight is 286 g/mol. The Bertz CT molecular complexity index is 869. The molecule has 0 aliphatic rings. The predicted molar refractivity (Wildman–Crippen MR) is 71.1 cm³/mol. The van der Waals surface area contributed by atoms with Crippen LogP contribution in [0.4, 0.5) is 0 Å². The van der Waals surface area contributed by atoms with Crippen LogP contribution in [-0.2, 0) is 6.54 Å². The van der Waals surface area contributed by atoms with Crippen LogP contribution in [0, 0.1) is 0 Å². The van der Waals surface area contributed by atoms with E-state index in [1.54, 1.807) is 24.3 Å². The third-order valence-corrected chi connectivity index (χ3v) is 2.86. The van der Waals surface area contributed by atoms with Crippen LogP contribution in [0.2, 0.25) is 0 Å². The highest BCUT2D eigenvalue weighted by molar-refractivity contribution is 5.91. The second-order valence-corrected chi connectivity index (χ2v) is 4.22. The molecule has 0 aliphatic heterocycles. The van der Waals surface area contributed by atoms with Crippen LogP contribution in [0.25, 0.3) is 10.9 Å². The minimum Gasteiger partial charge on any atom is -0.359 e. The number of rotatable bonds is 3. The molecule has 2 heterocycles. The number of carbonyl (C=O) groups is 1. The third kappa shape index (κ3) is 2.37. The number of carbonyl (C=O) groups excluding carboxylic acids is 1. The molecule has 0 saturated carbocycles. The van der Waals surface area contributed by atoms with Crippen molar-refractivity contribution < 1.29 is 9.32 Å². The number of fused-ring (bicyclic) bond motifs is 1. The number of hydrazine groups is 1. The predicted octanol–water partition coefficient (Wildman–Crippen LogP) is -0.569. The van der Waals surface area contributed by atoms with E-state index in [1.165, 1.54) is 6.07 Å². The van der Waals surface area contributed by atoms with E-state index < -0.39 is 5.91 Å². The molecule has 21 heavy (non-hydrogen) atoms. The molecule has 0 radical (unpaired) electrons. The first-order valence-corrected chi connectivity index (χ1v) is 5.98. The lowest BCUT2D eigenvalue weighted by Crippen LogP contribution is -2.30. The molecular formula is C12H10N6O3. The molecule has 9 heteroatoms. The van der Waals surface area contributed by atoms with Crippen molar-refractivity contribution in [3.05, 3.63) is 52.1 Å². The molecule has 1 aromatic carbocycles. The Morgan fingerprint density at radius 3 is 3.00 bits per heavy atom. The zero-order valence-electron chi connectivity index (χ0n) is 10.7. The highest BCUT2D eigenvalue weighted by Gasteiger charge is 2.13. The number of nitrogens with one attached hydrogen (secondary N) is 1. The lowest BCUT2D eigenvalue weighted by Gasteiger charge is -2.01. The number of nitrogen functional groups attached to an aromatic ring is 1. The smallest absolute Gasteiger partial charge is 0.287 e. The van der Waals surface area contributed by atoms with Crippen molar-refractivity contribution in [2.24, 2.45) is 5.84 Å². The number of nitrogens with zero attached hydrogens (tertiary/aromatic N) is 4. The fraction of sp³-hybridized carbons (Fsp3) is 0.0833. The van der Waals surface area contributed by atoms with E-state index in [0.29, 0.717) is 16.7 Å². The summed E-state index contributed by atoms with van der Waals surface area (Å²) in [7, 11) is 0. The SMILES string of the molecule is NNC(=O)c1cc(Cn2nnc3ccccc3c2=O)on1. The van der Waals surface area contributed by atoms with Crippen molar-refractivity contribution in [2.75, 3.05) is 0 Å². The summed E-state index contributed by atoms with van der Waals surface area (Å²) < 4.78 is 6.10. The Balaban J connectivity index is 1.95. The third-order valence-electron chi connectivity index (χ3n) is 2.86. The van der Waals surface area contributed by atoms with Crippen LogP contribution < -0.4 is 16.8 Å². The summed E-state index contributed by atoms with van der Waals surface area (Å²) in [4.78, 5) is 23.5. The summed E-state index contributed by atoms with van der Waals surface area (Å²) in [6.07, 6.45) is 0. The minimum absolute atomic E-state index is 0.0154. The molecule has 0 spiro atoms. The van der Waals surface area contributed by atoms with E-state index in [1.807, 2.05) is 5.43 Å². The number of benzene rings is 1. The number of aromatic nitrogens is 4. The van der Waals surface area contributed by atoms with Gasteiger partial charge in [-0.25, -0.2) is 10.5 Å². The Labute approximate surface area is 117 Å². The van der Waals surface area contributed by atoms with Crippen molar-refractivity contribution in [3.63, 3.8) is 0 Å². The summed E-state index contributed by atoms with van der Waals surface area (Å²) in [6, 6.07) is 8.26. The van der Waals surface area contributed by atoms with Gasteiger partial charge in [0.1, 0.15) is 12.1 Å². The Hall–Kier alpha value is -3.07. The summed E-state index contributed by atoms with van der Waals surface area (Å²) in [5.74, 6) is 4.70. The van der Waals surface area contributed by atoms with Gasteiger partial charge < -0.3 is 4.52 Å². The highest BCUT2D eigenvalue weighted by atomic mass is 16.5. The molecule has 0 unspecified atom stereocenters. The van der Waals surface area contributed by atoms with Gasteiger partial charge in [0.2, 0.25) is 0 Å². The number of hydrogen-bond acceptors (Lipinski definition) is 7. The van der Waals surface area contributed by atoms with Crippen molar-refractivity contribution in [1.29, 1.82) is 0 Å². The molecule has 0 aliphatic carbocycles. The van der Waals surface area contributed by atoms with Crippen molar-refractivity contribution in [2.45, 2.75) is 6.54 Å². The normalized spacial score (nSPS) is 10.7. The first-order chi connectivity index (χ1) is 10.2. The summed E-state index contributed by atoms with van der Waals surface area (Å²) in [5, 5.41) is 11.8. The van der Waals surface area contributed by atoms with Gasteiger partial charge in [0.25, 0.3) is 11.5 Å². The number of amides is 1. The molecule has 2 aromatic heterocycles. The van der Waals surface area contributed by atoms with E-state index in [2.05, 4.69) is 15.5 Å². The van der Waals surface area contributed by atoms with Gasteiger partial charge in [-0.05, 0) is 12.1 Å². The first-order valence-electron chi connectivity index (χ1n) is 5.98. The van der Waals surface area contributed by atoms with Gasteiger partial charge >= 0.3 is 0 Å². The molecule has 1 amide bonds. The van der Waals surface area contributed by atoms with Crippen LogP contribution in [0.5, 0.6) is 0 Å². The molecule has 9 nitrogen and oxygen atoms in total. The maximum Gasteiger partial charge on any atom is 0.287 e. The maximum absolute atomic E-state index is 12.2. The second kappa shape index (κ2) is 5.13. The van der Waals surface area contributed by atoms with Gasteiger partial charge in [-0.2, -0.15) is 0 Å². The maximum atomic E-state index is 12.2. The van der Waals surface area contributed by atoms with Gasteiger partial charge in [0.05, 0.1) is 5.39 Å². The standard InChI is InChI=1S/C12H10N6O3/c13-14-11(19)10-5-7(21-16-10)6-18-12(20)8-3-1-2-4-9(8)15-17-18/h1-5H,6,13H2,(H,14,19). The van der Waals surface area contributed by atoms with E-state index in [0.717, 1.165) is 4.68 Å². The van der Waals surface area contributed by atoms with Gasteiger partial charge in [0, 0.05) is 6.07 Å². The topological polar surface area (TPSA) is 129 Å². The molecule has 3 N–H and O–H groups in total. The van der Waals surface area contributed by atoms with Crippen LogP contribution in [0.3, 0.4) is 0 Å². The molecule has 0 bridgehead atoms. The molecule has 106 valence electrons. The van der Waals surface area contributed by atoms with Crippen molar-refractivity contribution >= 4 is 16.8 Å². The average Bonchev–Trinajstić information content (AvgIpc) is 2.98. The van der Waals surface area contributed by atoms with Gasteiger partial charge in [-0.3, -0.25) is 15.0 Å². The van der Waals surface area contributed by atoms with E-state index in [9.17, 15) is 9.59 Å². The van der Waals surface area contributed by atoms with E-state index in [4.69, 9.17) is 10.4 Å². The minimum atomic E-state index is -0.582. The first kappa shape index (κ1) is 12.9. The fourth-order valence-corrected chi connectivity index (χ4v) is 1.84. The van der Waals surface area contributed by atoms with E-state index >= 15 is 0 Å². The summed E-state index contributed by atoms with van der Waals surface area (Å²) in [6.45, 7) is 0.0154. The number of nitrogens with two attached hydrogens (primary N) is 1. The van der Waals surface area contributed by atoms with Crippen LogP contribution in [0.1, 0.15) is 16.2 Å². The molecule has 3 rings (SSSR count). The zero-order valence-corrected chi connectivity index (χ0v) is 10.7. The Morgan fingerprint density at radius 1 is 1.38 bits per heavy atom. The van der Waals surface area contributed by atoms with Gasteiger partial charge in [0.15, 0.2) is 11.5 Å². The quantitative estimate of drug-likeness (QED) is 0.374. The monoisotopic (exact) mass is 286 g/mol. The van der Waals surface area contributed by atoms with Crippen LogP contribution in [-0.4, -0.2) is 26.1 Å². The Kier molecular flexibility index (Phi) is 3.16. The van der Waals surface area contributed by atoms with Crippen molar-refractivity contribution in [3.8, 4) is 0 Å². The molecule has 0 fully saturated rings. The number of hydrogen-bond donors (Lipinski definition) is 2. The molecule has 0 atom stereocenters. The van der Waals surface area contributed by atoms with Gasteiger partial charge in [-0.15, -0.1) is 5.10 Å². The fourth-order valence-electron chi connectivity index (χ4n) is 1.84. The van der Waals surface area contributed by atoms with Crippen LogP contribution in [0.15, 0.2) is 39.6 Å². The summed E-state index contributed by atoms with van der Waals surface area (Å²) >= 11 is 0. The molecular weight excluding hydrogens is 276 g/mol.